The van der Waals surface area contributed by atoms with Crippen molar-refractivity contribution >= 4 is 29.8 Å². The standard InChI is InChI=1S/C21H20ClNO5/c22-15-21(27-14-16-8-2-1-3-9-16)18-11-5-4-10-17(18)20(26)23(21)28-19(25)12-6-7-13-24/h1-5,8-11,13H,6-7,12,14-15H2. The zero-order valence-corrected chi connectivity index (χ0v) is 15.9. The highest BCUT2D eigenvalue weighted by atomic mass is 35.5. The van der Waals surface area contributed by atoms with E-state index < -0.39 is 17.6 Å². The number of hydrogen-bond donors (Lipinski definition) is 0. The van der Waals surface area contributed by atoms with E-state index in [0.29, 0.717) is 17.5 Å². The van der Waals surface area contributed by atoms with Crippen LogP contribution in [0.25, 0.3) is 0 Å². The summed E-state index contributed by atoms with van der Waals surface area (Å²) in [6.07, 6.45) is 1.33. The van der Waals surface area contributed by atoms with Crippen LogP contribution in [0, 0.1) is 0 Å². The number of rotatable bonds is 9. The molecule has 2 aromatic carbocycles. The van der Waals surface area contributed by atoms with Gasteiger partial charge >= 0.3 is 5.97 Å². The first-order valence-corrected chi connectivity index (χ1v) is 9.48. The van der Waals surface area contributed by atoms with Gasteiger partial charge in [0.25, 0.3) is 5.91 Å². The first-order valence-electron chi connectivity index (χ1n) is 8.94. The Labute approximate surface area is 167 Å². The number of hydroxylamine groups is 2. The molecule has 0 saturated carbocycles. The summed E-state index contributed by atoms with van der Waals surface area (Å²) in [7, 11) is 0. The van der Waals surface area contributed by atoms with Gasteiger partial charge in [-0.3, -0.25) is 4.79 Å². The Morgan fingerprint density at radius 3 is 2.54 bits per heavy atom. The minimum absolute atomic E-state index is 0.00984. The molecule has 1 aliphatic rings. The molecule has 0 aliphatic carbocycles. The van der Waals surface area contributed by atoms with Gasteiger partial charge in [-0.05, 0) is 18.1 Å². The van der Waals surface area contributed by atoms with Crippen molar-refractivity contribution in [3.8, 4) is 0 Å². The van der Waals surface area contributed by atoms with Crippen LogP contribution in [0.3, 0.4) is 0 Å². The van der Waals surface area contributed by atoms with Crippen LogP contribution in [-0.2, 0) is 31.5 Å². The number of carbonyl (C=O) groups excluding carboxylic acids is 3. The normalized spacial score (nSPS) is 18.0. The minimum atomic E-state index is -1.43. The van der Waals surface area contributed by atoms with Crippen LogP contribution in [0.2, 0.25) is 0 Å². The number of nitrogens with zero attached hydrogens (tertiary/aromatic N) is 1. The van der Waals surface area contributed by atoms with Crippen LogP contribution in [0.15, 0.2) is 54.6 Å². The number of amides is 1. The second kappa shape index (κ2) is 8.99. The van der Waals surface area contributed by atoms with E-state index in [2.05, 4.69) is 0 Å². The maximum atomic E-state index is 12.9. The van der Waals surface area contributed by atoms with Gasteiger partial charge in [-0.1, -0.05) is 48.5 Å². The van der Waals surface area contributed by atoms with Gasteiger partial charge in [-0.2, -0.15) is 0 Å². The Bertz CT molecular complexity index is 857. The van der Waals surface area contributed by atoms with E-state index in [4.69, 9.17) is 21.2 Å². The number of aldehydes is 1. The van der Waals surface area contributed by atoms with Crippen molar-refractivity contribution in [1.29, 1.82) is 0 Å². The van der Waals surface area contributed by atoms with Crippen LogP contribution >= 0.6 is 11.6 Å². The lowest BCUT2D eigenvalue weighted by Gasteiger charge is -2.35. The number of fused-ring (bicyclic) bond motifs is 1. The lowest BCUT2D eigenvalue weighted by atomic mass is 10.0. The Balaban J connectivity index is 1.88. The van der Waals surface area contributed by atoms with Crippen molar-refractivity contribution < 1.29 is 24.0 Å². The maximum absolute atomic E-state index is 12.9. The molecule has 0 saturated heterocycles. The summed E-state index contributed by atoms with van der Waals surface area (Å²) in [5.41, 5.74) is 0.385. The molecule has 6 nitrogen and oxygen atoms in total. The van der Waals surface area contributed by atoms with Gasteiger partial charge in [0.15, 0.2) is 0 Å². The zero-order chi connectivity index (χ0) is 20.0. The van der Waals surface area contributed by atoms with Gasteiger partial charge in [0, 0.05) is 18.4 Å². The monoisotopic (exact) mass is 401 g/mol. The van der Waals surface area contributed by atoms with E-state index >= 15 is 0 Å². The van der Waals surface area contributed by atoms with E-state index in [1.165, 1.54) is 0 Å². The summed E-state index contributed by atoms with van der Waals surface area (Å²) in [6, 6.07) is 16.3. The minimum Gasteiger partial charge on any atom is -0.343 e. The topological polar surface area (TPSA) is 72.9 Å². The van der Waals surface area contributed by atoms with Crippen molar-refractivity contribution in [3.05, 3.63) is 71.3 Å². The molecule has 1 amide bonds. The molecular formula is C21H20ClNO5. The van der Waals surface area contributed by atoms with Crippen molar-refractivity contribution in [2.75, 3.05) is 5.88 Å². The average Bonchev–Trinajstić information content (AvgIpc) is 2.96. The molecule has 0 aromatic heterocycles. The average molecular weight is 402 g/mol. The quantitative estimate of drug-likeness (QED) is 0.365. The zero-order valence-electron chi connectivity index (χ0n) is 15.2. The van der Waals surface area contributed by atoms with E-state index in [-0.39, 0.29) is 25.3 Å². The molecule has 0 N–H and O–H groups in total. The fourth-order valence-corrected chi connectivity index (χ4v) is 3.39. The first-order chi connectivity index (χ1) is 13.6. The van der Waals surface area contributed by atoms with E-state index in [9.17, 15) is 14.4 Å². The maximum Gasteiger partial charge on any atom is 0.332 e. The van der Waals surface area contributed by atoms with Crippen LogP contribution in [0.5, 0.6) is 0 Å². The highest BCUT2D eigenvalue weighted by Gasteiger charge is 2.53. The fourth-order valence-electron chi connectivity index (χ4n) is 3.06. The number of ether oxygens (including phenoxy) is 1. The molecule has 2 aromatic rings. The van der Waals surface area contributed by atoms with E-state index in [1.54, 1.807) is 24.3 Å². The molecule has 1 unspecified atom stereocenters. The summed E-state index contributed by atoms with van der Waals surface area (Å²) in [4.78, 5) is 40.9. The Kier molecular flexibility index (Phi) is 6.44. The fraction of sp³-hybridized carbons (Fsp3) is 0.286. The molecular weight excluding hydrogens is 382 g/mol. The van der Waals surface area contributed by atoms with Gasteiger partial charge in [0.05, 0.1) is 18.1 Å². The molecule has 0 radical (unpaired) electrons. The third kappa shape index (κ3) is 3.93. The van der Waals surface area contributed by atoms with Crippen molar-refractivity contribution in [2.24, 2.45) is 0 Å². The summed E-state index contributed by atoms with van der Waals surface area (Å²) >= 11 is 6.27. The van der Waals surface area contributed by atoms with Gasteiger partial charge in [0.1, 0.15) is 6.29 Å². The van der Waals surface area contributed by atoms with Gasteiger partial charge in [-0.25, -0.2) is 4.79 Å². The molecule has 0 bridgehead atoms. The number of alkyl halides is 1. The summed E-state index contributed by atoms with van der Waals surface area (Å²) in [5, 5.41) is 0.927. The van der Waals surface area contributed by atoms with Gasteiger partial charge in [0.2, 0.25) is 5.72 Å². The van der Waals surface area contributed by atoms with Crippen LogP contribution in [0.4, 0.5) is 0 Å². The molecule has 7 heteroatoms. The Morgan fingerprint density at radius 2 is 1.82 bits per heavy atom. The predicted octanol–water partition coefficient (Wildman–Crippen LogP) is 3.58. The number of hydrogen-bond acceptors (Lipinski definition) is 5. The lowest BCUT2D eigenvalue weighted by Crippen LogP contribution is -2.48. The smallest absolute Gasteiger partial charge is 0.332 e. The number of carbonyl (C=O) groups is 3. The van der Waals surface area contributed by atoms with E-state index in [0.717, 1.165) is 16.9 Å². The Morgan fingerprint density at radius 1 is 1.11 bits per heavy atom. The van der Waals surface area contributed by atoms with Crippen LogP contribution < -0.4 is 0 Å². The van der Waals surface area contributed by atoms with Crippen molar-refractivity contribution in [3.63, 3.8) is 0 Å². The molecule has 3 rings (SSSR count). The summed E-state index contributed by atoms with van der Waals surface area (Å²) < 4.78 is 6.10. The molecule has 1 heterocycles. The van der Waals surface area contributed by atoms with Crippen LogP contribution in [0.1, 0.15) is 40.7 Å². The number of unbranched alkanes of at least 4 members (excludes halogenated alkanes) is 1. The lowest BCUT2D eigenvalue weighted by molar-refractivity contribution is -0.262. The van der Waals surface area contributed by atoms with Crippen molar-refractivity contribution in [1.82, 2.24) is 5.06 Å². The largest absolute Gasteiger partial charge is 0.343 e. The highest BCUT2D eigenvalue weighted by Crippen LogP contribution is 2.42. The van der Waals surface area contributed by atoms with Gasteiger partial charge < -0.3 is 14.4 Å². The summed E-state index contributed by atoms with van der Waals surface area (Å²) in [5.74, 6) is -1.24. The molecule has 28 heavy (non-hydrogen) atoms. The van der Waals surface area contributed by atoms with Gasteiger partial charge in [-0.15, -0.1) is 16.7 Å². The Hall–Kier alpha value is -2.70. The van der Waals surface area contributed by atoms with Crippen molar-refractivity contribution in [2.45, 2.75) is 31.6 Å². The summed E-state index contributed by atoms with van der Waals surface area (Å²) in [6.45, 7) is 0.175. The second-order valence-electron chi connectivity index (χ2n) is 6.36. The molecule has 1 aliphatic heterocycles. The third-order valence-electron chi connectivity index (χ3n) is 4.49. The molecule has 1 atom stereocenters. The third-order valence-corrected chi connectivity index (χ3v) is 4.85. The number of benzene rings is 2. The SMILES string of the molecule is O=CCCCC(=O)ON1C(=O)c2ccccc2C1(CCl)OCc1ccccc1. The highest BCUT2D eigenvalue weighted by molar-refractivity contribution is 6.19. The molecule has 0 spiro atoms. The first kappa shape index (κ1) is 20.0. The van der Waals surface area contributed by atoms with E-state index in [1.807, 2.05) is 30.3 Å². The molecule has 146 valence electrons. The number of halogens is 1. The van der Waals surface area contributed by atoms with Crippen LogP contribution in [-0.4, -0.2) is 29.1 Å². The molecule has 0 fully saturated rings. The second-order valence-corrected chi connectivity index (χ2v) is 6.63. The predicted molar refractivity (Wildman–Crippen MR) is 102 cm³/mol.